The molecule has 1 saturated carbocycles. The number of aromatic hydroxyl groups is 1. The summed E-state index contributed by atoms with van der Waals surface area (Å²) in [6.07, 6.45) is 3.82. The van der Waals surface area contributed by atoms with E-state index in [1.165, 1.54) is 29.1 Å². The Bertz CT molecular complexity index is 1180. The average molecular weight is 554 g/mol. The number of carbonyl (C=O) groups is 3. The normalized spacial score (nSPS) is 20.7. The number of hydrogen-bond donors (Lipinski definition) is 4. The zero-order chi connectivity index (χ0) is 28.2. The first-order valence-corrected chi connectivity index (χ1v) is 14.6. The largest absolute Gasteiger partial charge is 0.508 e. The van der Waals surface area contributed by atoms with Crippen LogP contribution in [0.1, 0.15) is 67.4 Å². The molecule has 2 aliphatic rings. The Hall–Kier alpha value is -3.04. The SMILES string of the molecule is Cc1c(O)cccc1C(=O)N[C@@H](Cc1ccccc1)[C@H](O)C(=O)N1CSC(C)(C)[C@H]1C(=O)NC1CCCCC1. The number of thioether (sulfide) groups is 1. The molecule has 2 aromatic rings. The number of nitrogens with one attached hydrogen (secondary N) is 2. The maximum atomic E-state index is 13.8. The van der Waals surface area contributed by atoms with E-state index in [1.54, 1.807) is 19.1 Å². The van der Waals surface area contributed by atoms with Crippen LogP contribution in [0, 0.1) is 6.92 Å². The van der Waals surface area contributed by atoms with Crippen LogP contribution in [0.4, 0.5) is 0 Å². The number of aliphatic hydroxyl groups excluding tert-OH is 1. The molecule has 1 saturated heterocycles. The van der Waals surface area contributed by atoms with Gasteiger partial charge in [0.2, 0.25) is 5.91 Å². The van der Waals surface area contributed by atoms with Gasteiger partial charge in [-0.15, -0.1) is 11.8 Å². The van der Waals surface area contributed by atoms with E-state index >= 15 is 0 Å². The molecule has 9 heteroatoms. The molecule has 2 fully saturated rings. The lowest BCUT2D eigenvalue weighted by Crippen LogP contribution is -2.59. The smallest absolute Gasteiger partial charge is 0.254 e. The molecule has 1 aliphatic carbocycles. The van der Waals surface area contributed by atoms with E-state index in [9.17, 15) is 24.6 Å². The molecular weight excluding hydrogens is 514 g/mol. The molecule has 2 aromatic carbocycles. The molecule has 0 bridgehead atoms. The van der Waals surface area contributed by atoms with E-state index in [4.69, 9.17) is 0 Å². The number of aliphatic hydroxyl groups is 1. The summed E-state index contributed by atoms with van der Waals surface area (Å²) in [5, 5.41) is 27.5. The van der Waals surface area contributed by atoms with E-state index in [-0.39, 0.29) is 35.6 Å². The molecule has 1 aliphatic heterocycles. The zero-order valence-corrected chi connectivity index (χ0v) is 23.7. The summed E-state index contributed by atoms with van der Waals surface area (Å²) in [5.74, 6) is -1.04. The molecule has 8 nitrogen and oxygen atoms in total. The first-order chi connectivity index (χ1) is 18.6. The lowest BCUT2D eigenvalue weighted by atomic mass is 9.93. The van der Waals surface area contributed by atoms with Crippen molar-refractivity contribution in [1.82, 2.24) is 15.5 Å². The molecule has 4 rings (SSSR count). The summed E-state index contributed by atoms with van der Waals surface area (Å²) in [4.78, 5) is 42.0. The third-order valence-corrected chi connectivity index (χ3v) is 9.20. The van der Waals surface area contributed by atoms with E-state index in [0.29, 0.717) is 5.56 Å². The molecule has 4 N–H and O–H groups in total. The van der Waals surface area contributed by atoms with Crippen LogP contribution in [0.3, 0.4) is 0 Å². The second kappa shape index (κ2) is 12.4. The van der Waals surface area contributed by atoms with Gasteiger partial charge in [-0.3, -0.25) is 14.4 Å². The van der Waals surface area contributed by atoms with Gasteiger partial charge in [0, 0.05) is 21.9 Å². The number of carbonyl (C=O) groups excluding carboxylic acids is 3. The van der Waals surface area contributed by atoms with Crippen LogP contribution < -0.4 is 10.6 Å². The molecule has 39 heavy (non-hydrogen) atoms. The van der Waals surface area contributed by atoms with Gasteiger partial charge < -0.3 is 25.7 Å². The van der Waals surface area contributed by atoms with Gasteiger partial charge >= 0.3 is 0 Å². The van der Waals surface area contributed by atoms with Crippen LogP contribution in [0.15, 0.2) is 48.5 Å². The number of amides is 3. The molecular formula is C30H39N3O5S. The highest BCUT2D eigenvalue weighted by atomic mass is 32.2. The fraction of sp³-hybridized carbons (Fsp3) is 0.500. The van der Waals surface area contributed by atoms with E-state index in [1.807, 2.05) is 44.2 Å². The van der Waals surface area contributed by atoms with Crippen molar-refractivity contribution >= 4 is 29.5 Å². The predicted molar refractivity (Wildman–Crippen MR) is 152 cm³/mol. The van der Waals surface area contributed by atoms with Crippen molar-refractivity contribution in [3.63, 3.8) is 0 Å². The Morgan fingerprint density at radius 1 is 1.05 bits per heavy atom. The van der Waals surface area contributed by atoms with Crippen LogP contribution in [0.25, 0.3) is 0 Å². The first kappa shape index (κ1) is 29.0. The van der Waals surface area contributed by atoms with Crippen LogP contribution >= 0.6 is 11.8 Å². The predicted octanol–water partition coefficient (Wildman–Crippen LogP) is 3.53. The van der Waals surface area contributed by atoms with Gasteiger partial charge in [0.05, 0.1) is 11.9 Å². The summed E-state index contributed by atoms with van der Waals surface area (Å²) >= 11 is 1.50. The number of phenols is 1. The van der Waals surface area contributed by atoms with Gasteiger partial charge in [-0.1, -0.05) is 55.7 Å². The monoisotopic (exact) mass is 553 g/mol. The molecule has 3 atom stereocenters. The standard InChI is InChI=1S/C30H39N3O5S/c1-19-22(15-10-16-24(19)34)27(36)32-23(17-20-11-6-4-7-12-20)25(35)29(38)33-18-39-30(2,3)26(33)28(37)31-21-13-8-5-9-14-21/h4,6-7,10-12,15-16,21,23,25-26,34-35H,5,8-9,13-14,17-18H2,1-3H3,(H,31,37)(H,32,36)/t23-,25-,26+/m0/s1. The lowest BCUT2D eigenvalue weighted by Gasteiger charge is -2.35. The number of hydrogen-bond acceptors (Lipinski definition) is 6. The number of phenolic OH excluding ortho intramolecular Hbond substituents is 1. The Morgan fingerprint density at radius 2 is 1.74 bits per heavy atom. The highest BCUT2D eigenvalue weighted by Gasteiger charge is 2.50. The van der Waals surface area contributed by atoms with Gasteiger partial charge in [-0.25, -0.2) is 0 Å². The number of rotatable bonds is 8. The summed E-state index contributed by atoms with van der Waals surface area (Å²) < 4.78 is -0.537. The van der Waals surface area contributed by atoms with Crippen LogP contribution in [-0.2, 0) is 16.0 Å². The van der Waals surface area contributed by atoms with Crippen molar-refractivity contribution in [1.29, 1.82) is 0 Å². The second-order valence-corrected chi connectivity index (χ2v) is 12.7. The van der Waals surface area contributed by atoms with Crippen LogP contribution in [0.5, 0.6) is 5.75 Å². The van der Waals surface area contributed by atoms with Gasteiger partial charge in [0.1, 0.15) is 11.8 Å². The lowest BCUT2D eigenvalue weighted by molar-refractivity contribution is -0.147. The van der Waals surface area contributed by atoms with Crippen molar-refractivity contribution in [2.75, 3.05) is 5.88 Å². The molecule has 1 heterocycles. The van der Waals surface area contributed by atoms with E-state index in [2.05, 4.69) is 10.6 Å². The molecule has 0 spiro atoms. The maximum Gasteiger partial charge on any atom is 0.254 e. The number of nitrogens with zero attached hydrogens (tertiary/aromatic N) is 1. The van der Waals surface area contributed by atoms with Crippen molar-refractivity contribution in [2.24, 2.45) is 0 Å². The zero-order valence-electron chi connectivity index (χ0n) is 22.9. The van der Waals surface area contributed by atoms with Crippen molar-refractivity contribution in [3.8, 4) is 5.75 Å². The third kappa shape index (κ3) is 6.76. The van der Waals surface area contributed by atoms with Gasteiger partial charge in [-0.2, -0.15) is 0 Å². The van der Waals surface area contributed by atoms with Crippen molar-refractivity contribution in [2.45, 2.75) is 88.3 Å². The van der Waals surface area contributed by atoms with Gasteiger partial charge in [0.25, 0.3) is 11.8 Å². The molecule has 3 amide bonds. The van der Waals surface area contributed by atoms with Gasteiger partial charge in [0.15, 0.2) is 6.10 Å². The van der Waals surface area contributed by atoms with Crippen LogP contribution in [0.2, 0.25) is 0 Å². The first-order valence-electron chi connectivity index (χ1n) is 13.6. The summed E-state index contributed by atoms with van der Waals surface area (Å²) in [5.41, 5.74) is 1.51. The topological polar surface area (TPSA) is 119 Å². The minimum absolute atomic E-state index is 0.0120. The minimum atomic E-state index is -1.58. The third-order valence-electron chi connectivity index (χ3n) is 7.83. The molecule has 210 valence electrons. The Balaban J connectivity index is 1.56. The second-order valence-electron chi connectivity index (χ2n) is 11.1. The van der Waals surface area contributed by atoms with Crippen molar-refractivity contribution < 1.29 is 24.6 Å². The number of benzene rings is 2. The van der Waals surface area contributed by atoms with Gasteiger partial charge in [-0.05, 0) is 57.7 Å². The van der Waals surface area contributed by atoms with E-state index < -0.39 is 34.7 Å². The quantitative estimate of drug-likeness (QED) is 0.397. The Morgan fingerprint density at radius 3 is 2.44 bits per heavy atom. The Labute approximate surface area is 234 Å². The van der Waals surface area contributed by atoms with Crippen molar-refractivity contribution in [3.05, 3.63) is 65.2 Å². The fourth-order valence-electron chi connectivity index (χ4n) is 5.51. The highest BCUT2D eigenvalue weighted by molar-refractivity contribution is 8.00. The average Bonchev–Trinajstić information content (AvgIpc) is 3.25. The summed E-state index contributed by atoms with van der Waals surface area (Å²) in [7, 11) is 0. The maximum absolute atomic E-state index is 13.8. The Kier molecular flexibility index (Phi) is 9.23. The van der Waals surface area contributed by atoms with E-state index in [0.717, 1.165) is 31.2 Å². The summed E-state index contributed by atoms with van der Waals surface area (Å²) in [6, 6.07) is 12.4. The summed E-state index contributed by atoms with van der Waals surface area (Å²) in [6.45, 7) is 5.52. The molecule has 0 aromatic heterocycles. The molecule has 0 unspecified atom stereocenters. The fourth-order valence-corrected chi connectivity index (χ4v) is 6.65. The molecule has 0 radical (unpaired) electrons. The van der Waals surface area contributed by atoms with Crippen LogP contribution in [-0.4, -0.2) is 67.7 Å². The minimum Gasteiger partial charge on any atom is -0.508 e. The highest BCUT2D eigenvalue weighted by Crippen LogP contribution is 2.40.